The van der Waals surface area contributed by atoms with Crippen molar-refractivity contribution in [3.8, 4) is 0 Å². The van der Waals surface area contributed by atoms with Gasteiger partial charge in [-0.15, -0.1) is 0 Å². The third kappa shape index (κ3) is 2.62. The maximum Gasteiger partial charge on any atom is 0.171 e. The number of benzene rings is 1. The molecule has 0 saturated heterocycles. The molecule has 0 aliphatic carbocycles. The zero-order chi connectivity index (χ0) is 13.1. The zero-order valence-electron chi connectivity index (χ0n) is 10.4. The van der Waals surface area contributed by atoms with Crippen LogP contribution in [0.3, 0.4) is 0 Å². The van der Waals surface area contributed by atoms with Gasteiger partial charge in [-0.05, 0) is 37.6 Å². The van der Waals surface area contributed by atoms with Crippen LogP contribution in [0.2, 0.25) is 0 Å². The second kappa shape index (κ2) is 5.08. The molecule has 0 N–H and O–H groups in total. The Balaban J connectivity index is 2.28. The number of rotatable bonds is 3. The summed E-state index contributed by atoms with van der Waals surface area (Å²) in [6.07, 6.45) is 1.77. The van der Waals surface area contributed by atoms with Gasteiger partial charge in [-0.2, -0.15) is 0 Å². The van der Waals surface area contributed by atoms with E-state index in [1.165, 1.54) is 6.07 Å². The second-order valence-electron chi connectivity index (χ2n) is 4.35. The lowest BCUT2D eigenvalue weighted by molar-refractivity contribution is 0.0988. The van der Waals surface area contributed by atoms with Crippen molar-refractivity contribution < 1.29 is 9.18 Å². The van der Waals surface area contributed by atoms with E-state index in [0.29, 0.717) is 5.69 Å². The molecule has 0 saturated carbocycles. The number of ketones is 1. The normalized spacial score (nSPS) is 10.4. The molecule has 2 rings (SSSR count). The van der Waals surface area contributed by atoms with Crippen molar-refractivity contribution in [1.29, 1.82) is 0 Å². The van der Waals surface area contributed by atoms with Crippen LogP contribution in [0.4, 0.5) is 4.39 Å². The summed E-state index contributed by atoms with van der Waals surface area (Å²) in [5.74, 6) is -0.711. The van der Waals surface area contributed by atoms with Gasteiger partial charge in [-0.3, -0.25) is 9.78 Å². The molecule has 2 aromatic rings. The predicted molar refractivity (Wildman–Crippen MR) is 68.1 cm³/mol. The molecule has 3 heteroatoms. The average Bonchev–Trinajstić information content (AvgIpc) is 2.35. The van der Waals surface area contributed by atoms with Gasteiger partial charge in [0, 0.05) is 6.20 Å². The summed E-state index contributed by atoms with van der Waals surface area (Å²) >= 11 is 0. The number of hydrogen-bond acceptors (Lipinski definition) is 2. The van der Waals surface area contributed by atoms with Crippen molar-refractivity contribution in [3.63, 3.8) is 0 Å². The fraction of sp³-hybridized carbons (Fsp3) is 0.200. The number of carbonyl (C=O) groups is 1. The number of pyridine rings is 1. The Morgan fingerprint density at radius 2 is 2.06 bits per heavy atom. The number of nitrogens with zero attached hydrogens (tertiary/aromatic N) is 1. The topological polar surface area (TPSA) is 30.0 Å². The standard InChI is InChI=1S/C15H14FNO/c1-10-5-6-13(16)12(8-10)15(18)9-14-11(2)4-3-7-17-14/h3-8H,9H2,1-2H3. The number of aryl methyl sites for hydroxylation is 2. The highest BCUT2D eigenvalue weighted by Crippen LogP contribution is 2.14. The summed E-state index contributed by atoms with van der Waals surface area (Å²) in [6, 6.07) is 8.26. The van der Waals surface area contributed by atoms with Crippen LogP contribution in [0, 0.1) is 19.7 Å². The fourth-order valence-corrected chi connectivity index (χ4v) is 1.80. The van der Waals surface area contributed by atoms with E-state index in [9.17, 15) is 9.18 Å². The molecule has 18 heavy (non-hydrogen) atoms. The molecule has 0 aliphatic rings. The zero-order valence-corrected chi connectivity index (χ0v) is 10.4. The summed E-state index contributed by atoms with van der Waals surface area (Å²) in [4.78, 5) is 16.2. The highest BCUT2D eigenvalue weighted by Gasteiger charge is 2.14. The lowest BCUT2D eigenvalue weighted by Crippen LogP contribution is -2.08. The third-order valence-corrected chi connectivity index (χ3v) is 2.87. The van der Waals surface area contributed by atoms with Crippen LogP contribution in [0.5, 0.6) is 0 Å². The van der Waals surface area contributed by atoms with Crippen molar-refractivity contribution in [2.24, 2.45) is 0 Å². The van der Waals surface area contributed by atoms with Crippen LogP contribution in [-0.4, -0.2) is 10.8 Å². The van der Waals surface area contributed by atoms with Gasteiger partial charge in [-0.25, -0.2) is 4.39 Å². The summed E-state index contributed by atoms with van der Waals surface area (Å²) in [5.41, 5.74) is 2.65. The lowest BCUT2D eigenvalue weighted by atomic mass is 10.0. The largest absolute Gasteiger partial charge is 0.294 e. The van der Waals surface area contributed by atoms with Crippen LogP contribution in [0.15, 0.2) is 36.5 Å². The number of carbonyl (C=O) groups excluding carboxylic acids is 1. The first-order valence-electron chi connectivity index (χ1n) is 5.78. The molecule has 92 valence electrons. The Kier molecular flexibility index (Phi) is 3.51. The summed E-state index contributed by atoms with van der Waals surface area (Å²) in [6.45, 7) is 3.73. The molecule has 2 nitrogen and oxygen atoms in total. The lowest BCUT2D eigenvalue weighted by Gasteiger charge is -2.05. The quantitative estimate of drug-likeness (QED) is 0.774. The van der Waals surface area contributed by atoms with E-state index in [4.69, 9.17) is 0 Å². The molecule has 0 bridgehead atoms. The van der Waals surface area contributed by atoms with Gasteiger partial charge < -0.3 is 0 Å². The van der Waals surface area contributed by atoms with Crippen molar-refractivity contribution in [1.82, 2.24) is 4.98 Å². The maximum absolute atomic E-state index is 13.6. The Morgan fingerprint density at radius 1 is 1.28 bits per heavy atom. The van der Waals surface area contributed by atoms with E-state index in [1.54, 1.807) is 18.3 Å². The Labute approximate surface area is 105 Å². The minimum atomic E-state index is -0.473. The van der Waals surface area contributed by atoms with Crippen molar-refractivity contribution in [2.75, 3.05) is 0 Å². The molecule has 1 aromatic heterocycles. The van der Waals surface area contributed by atoms with Crippen LogP contribution < -0.4 is 0 Å². The molecular weight excluding hydrogens is 229 g/mol. The van der Waals surface area contributed by atoms with Gasteiger partial charge in [0.05, 0.1) is 17.7 Å². The van der Waals surface area contributed by atoms with Gasteiger partial charge in [0.2, 0.25) is 0 Å². The third-order valence-electron chi connectivity index (χ3n) is 2.87. The minimum Gasteiger partial charge on any atom is -0.294 e. The van der Waals surface area contributed by atoms with E-state index in [2.05, 4.69) is 4.98 Å². The summed E-state index contributed by atoms with van der Waals surface area (Å²) in [5, 5.41) is 0. The first-order chi connectivity index (χ1) is 8.58. The minimum absolute atomic E-state index is 0.132. The molecule has 0 fully saturated rings. The van der Waals surface area contributed by atoms with Gasteiger partial charge in [-0.1, -0.05) is 17.7 Å². The Morgan fingerprint density at radius 3 is 2.78 bits per heavy atom. The van der Waals surface area contributed by atoms with E-state index in [1.807, 2.05) is 26.0 Å². The Hall–Kier alpha value is -2.03. The summed E-state index contributed by atoms with van der Waals surface area (Å²) < 4.78 is 13.6. The maximum atomic E-state index is 13.6. The Bertz CT molecular complexity index is 593. The number of hydrogen-bond donors (Lipinski definition) is 0. The smallest absolute Gasteiger partial charge is 0.171 e. The molecule has 0 atom stereocenters. The highest BCUT2D eigenvalue weighted by atomic mass is 19.1. The average molecular weight is 243 g/mol. The van der Waals surface area contributed by atoms with Crippen LogP contribution in [-0.2, 0) is 6.42 Å². The van der Waals surface area contributed by atoms with Gasteiger partial charge in [0.25, 0.3) is 0 Å². The molecule has 0 radical (unpaired) electrons. The predicted octanol–water partition coefficient (Wildman–Crippen LogP) is 3.26. The fourth-order valence-electron chi connectivity index (χ4n) is 1.80. The molecule has 0 amide bonds. The second-order valence-corrected chi connectivity index (χ2v) is 4.35. The summed E-state index contributed by atoms with van der Waals surface area (Å²) in [7, 11) is 0. The molecule has 0 unspecified atom stereocenters. The highest BCUT2D eigenvalue weighted by molar-refractivity contribution is 5.97. The molecule has 1 heterocycles. The first-order valence-corrected chi connectivity index (χ1v) is 5.78. The monoisotopic (exact) mass is 243 g/mol. The van der Waals surface area contributed by atoms with Gasteiger partial charge >= 0.3 is 0 Å². The van der Waals surface area contributed by atoms with Crippen LogP contribution in [0.1, 0.15) is 27.2 Å². The van der Waals surface area contributed by atoms with Crippen LogP contribution in [0.25, 0.3) is 0 Å². The first kappa shape index (κ1) is 12.4. The van der Waals surface area contributed by atoms with Crippen molar-refractivity contribution in [2.45, 2.75) is 20.3 Å². The SMILES string of the molecule is Cc1ccc(F)c(C(=O)Cc2ncccc2C)c1. The number of aromatic nitrogens is 1. The van der Waals surface area contributed by atoms with Gasteiger partial charge in [0.1, 0.15) is 5.82 Å². The molecule has 0 aliphatic heterocycles. The number of Topliss-reactive ketones (excluding diaryl/α,β-unsaturated/α-hetero) is 1. The van der Waals surface area contributed by atoms with Crippen LogP contribution >= 0.6 is 0 Å². The van der Waals surface area contributed by atoms with Crippen molar-refractivity contribution >= 4 is 5.78 Å². The molecule has 0 spiro atoms. The van der Waals surface area contributed by atoms with Gasteiger partial charge in [0.15, 0.2) is 5.78 Å². The van der Waals surface area contributed by atoms with Crippen molar-refractivity contribution in [3.05, 3.63) is 64.7 Å². The molecular formula is C15H14FNO. The number of halogens is 1. The molecule has 1 aromatic carbocycles. The van der Waals surface area contributed by atoms with E-state index in [0.717, 1.165) is 11.1 Å². The van der Waals surface area contributed by atoms with E-state index in [-0.39, 0.29) is 17.8 Å². The van der Waals surface area contributed by atoms with E-state index >= 15 is 0 Å². The van der Waals surface area contributed by atoms with E-state index < -0.39 is 5.82 Å².